The van der Waals surface area contributed by atoms with Gasteiger partial charge in [0.2, 0.25) is 0 Å². The van der Waals surface area contributed by atoms with Crippen LogP contribution in [-0.4, -0.2) is 33.2 Å². The first-order valence-electron chi connectivity index (χ1n) is 6.41. The van der Waals surface area contributed by atoms with Crippen LogP contribution >= 0.6 is 0 Å². The first-order chi connectivity index (χ1) is 8.18. The number of nitrogens with one attached hydrogen (secondary N) is 2. The molecule has 94 valence electrons. The third kappa shape index (κ3) is 2.99. The molecule has 0 amide bonds. The van der Waals surface area contributed by atoms with Gasteiger partial charge in [0.1, 0.15) is 0 Å². The van der Waals surface area contributed by atoms with Crippen LogP contribution < -0.4 is 15.5 Å². The van der Waals surface area contributed by atoms with Gasteiger partial charge in [-0.25, -0.2) is 0 Å². The Kier molecular flexibility index (Phi) is 4.02. The number of rotatable bonds is 4. The fourth-order valence-electron chi connectivity index (χ4n) is 2.50. The number of hydrogen-bond donors (Lipinski definition) is 2. The van der Waals surface area contributed by atoms with Crippen LogP contribution in [0.3, 0.4) is 0 Å². The van der Waals surface area contributed by atoms with E-state index < -0.39 is 0 Å². The molecule has 0 aromatic heterocycles. The van der Waals surface area contributed by atoms with E-state index in [2.05, 4.69) is 60.8 Å². The average Bonchev–Trinajstić information content (AvgIpc) is 2.81. The molecule has 0 saturated carbocycles. The predicted molar refractivity (Wildman–Crippen MR) is 73.6 cm³/mol. The van der Waals surface area contributed by atoms with Crippen molar-refractivity contribution in [2.75, 3.05) is 32.1 Å². The highest BCUT2D eigenvalue weighted by Gasteiger charge is 2.18. The molecule has 17 heavy (non-hydrogen) atoms. The summed E-state index contributed by atoms with van der Waals surface area (Å²) in [5.41, 5.74) is 2.68. The van der Waals surface area contributed by atoms with Crippen LogP contribution in [0.2, 0.25) is 0 Å². The molecule has 2 atom stereocenters. The highest BCUT2D eigenvalue weighted by Crippen LogP contribution is 2.25. The lowest BCUT2D eigenvalue weighted by Crippen LogP contribution is -2.33. The SMILES string of the molecule is CC(N[C@H]1CCNC1)c1ccccc1N(C)C. The van der Waals surface area contributed by atoms with E-state index >= 15 is 0 Å². The summed E-state index contributed by atoms with van der Waals surface area (Å²) < 4.78 is 0. The molecule has 1 saturated heterocycles. The van der Waals surface area contributed by atoms with E-state index in [1.54, 1.807) is 0 Å². The minimum atomic E-state index is 0.401. The molecule has 1 heterocycles. The normalized spacial score (nSPS) is 21.5. The van der Waals surface area contributed by atoms with Crippen LogP contribution in [0.15, 0.2) is 24.3 Å². The second kappa shape index (κ2) is 5.52. The molecular formula is C14H23N3. The second-order valence-electron chi connectivity index (χ2n) is 5.03. The van der Waals surface area contributed by atoms with Gasteiger partial charge in [-0.1, -0.05) is 18.2 Å². The fraction of sp³-hybridized carbons (Fsp3) is 0.571. The Labute approximate surface area is 104 Å². The van der Waals surface area contributed by atoms with E-state index in [1.807, 2.05) is 0 Å². The van der Waals surface area contributed by atoms with Gasteiger partial charge in [-0.05, 0) is 31.5 Å². The van der Waals surface area contributed by atoms with Crippen LogP contribution in [0.4, 0.5) is 5.69 Å². The molecule has 1 unspecified atom stereocenters. The Hall–Kier alpha value is -1.06. The Morgan fingerprint density at radius 2 is 2.12 bits per heavy atom. The topological polar surface area (TPSA) is 27.3 Å². The van der Waals surface area contributed by atoms with Crippen molar-refractivity contribution in [2.24, 2.45) is 0 Å². The molecule has 3 nitrogen and oxygen atoms in total. The van der Waals surface area contributed by atoms with E-state index in [9.17, 15) is 0 Å². The van der Waals surface area contributed by atoms with Gasteiger partial charge in [0.15, 0.2) is 0 Å². The summed E-state index contributed by atoms with van der Waals surface area (Å²) in [7, 11) is 4.20. The predicted octanol–water partition coefficient (Wildman–Crippen LogP) is 1.77. The van der Waals surface area contributed by atoms with Crippen molar-refractivity contribution >= 4 is 5.69 Å². The van der Waals surface area contributed by atoms with Crippen molar-refractivity contribution in [1.82, 2.24) is 10.6 Å². The summed E-state index contributed by atoms with van der Waals surface area (Å²) in [5.74, 6) is 0. The Bertz CT molecular complexity index is 356. The zero-order chi connectivity index (χ0) is 12.3. The van der Waals surface area contributed by atoms with Gasteiger partial charge in [0.05, 0.1) is 0 Å². The monoisotopic (exact) mass is 233 g/mol. The summed E-state index contributed by atoms with van der Waals surface area (Å²) in [6.45, 7) is 4.48. The third-order valence-electron chi connectivity index (χ3n) is 3.43. The maximum absolute atomic E-state index is 3.70. The number of hydrogen-bond acceptors (Lipinski definition) is 3. The zero-order valence-corrected chi connectivity index (χ0v) is 11.0. The van der Waals surface area contributed by atoms with Gasteiger partial charge in [0, 0.05) is 38.4 Å². The van der Waals surface area contributed by atoms with E-state index in [0.29, 0.717) is 12.1 Å². The van der Waals surface area contributed by atoms with Crippen LogP contribution in [0.25, 0.3) is 0 Å². The quantitative estimate of drug-likeness (QED) is 0.830. The molecule has 1 aliphatic heterocycles. The van der Waals surface area contributed by atoms with Crippen molar-refractivity contribution in [2.45, 2.75) is 25.4 Å². The van der Waals surface area contributed by atoms with Crippen LogP contribution in [-0.2, 0) is 0 Å². The van der Waals surface area contributed by atoms with Gasteiger partial charge >= 0.3 is 0 Å². The molecule has 2 rings (SSSR count). The van der Waals surface area contributed by atoms with Crippen LogP contribution in [0.1, 0.15) is 24.9 Å². The number of para-hydroxylation sites is 1. The van der Waals surface area contributed by atoms with Gasteiger partial charge in [0.25, 0.3) is 0 Å². The van der Waals surface area contributed by atoms with Crippen LogP contribution in [0.5, 0.6) is 0 Å². The molecule has 0 bridgehead atoms. The molecule has 0 spiro atoms. The van der Waals surface area contributed by atoms with Gasteiger partial charge in [-0.15, -0.1) is 0 Å². The first kappa shape index (κ1) is 12.4. The van der Waals surface area contributed by atoms with Crippen molar-refractivity contribution in [1.29, 1.82) is 0 Å². The largest absolute Gasteiger partial charge is 0.377 e. The smallest absolute Gasteiger partial charge is 0.0409 e. The standard InChI is InChI=1S/C14H23N3/c1-11(16-12-8-9-15-10-12)13-6-4-5-7-14(13)17(2)3/h4-7,11-12,15-16H,8-10H2,1-3H3/t11?,12-/m0/s1. The molecular weight excluding hydrogens is 210 g/mol. The van der Waals surface area contributed by atoms with Crippen molar-refractivity contribution < 1.29 is 0 Å². The Morgan fingerprint density at radius 1 is 1.35 bits per heavy atom. The van der Waals surface area contributed by atoms with E-state index in [1.165, 1.54) is 17.7 Å². The van der Waals surface area contributed by atoms with E-state index in [4.69, 9.17) is 0 Å². The van der Waals surface area contributed by atoms with Gasteiger partial charge in [-0.2, -0.15) is 0 Å². The summed E-state index contributed by atoms with van der Waals surface area (Å²) >= 11 is 0. The number of benzene rings is 1. The van der Waals surface area contributed by atoms with Crippen molar-refractivity contribution in [3.05, 3.63) is 29.8 Å². The summed E-state index contributed by atoms with van der Waals surface area (Å²) in [6.07, 6.45) is 1.23. The molecule has 3 heteroatoms. The van der Waals surface area contributed by atoms with Crippen LogP contribution in [0, 0.1) is 0 Å². The zero-order valence-electron chi connectivity index (χ0n) is 11.0. The minimum Gasteiger partial charge on any atom is -0.377 e. The third-order valence-corrected chi connectivity index (χ3v) is 3.43. The fourth-order valence-corrected chi connectivity index (χ4v) is 2.50. The van der Waals surface area contributed by atoms with E-state index in [-0.39, 0.29) is 0 Å². The average molecular weight is 233 g/mol. The first-order valence-corrected chi connectivity index (χ1v) is 6.41. The summed E-state index contributed by atoms with van der Waals surface area (Å²) in [6, 6.07) is 9.63. The minimum absolute atomic E-state index is 0.401. The van der Waals surface area contributed by atoms with Crippen molar-refractivity contribution in [3.8, 4) is 0 Å². The lowest BCUT2D eigenvalue weighted by Gasteiger charge is -2.24. The molecule has 1 aromatic carbocycles. The highest BCUT2D eigenvalue weighted by molar-refractivity contribution is 5.53. The molecule has 0 radical (unpaired) electrons. The summed E-state index contributed by atoms with van der Waals surface area (Å²) in [5, 5.41) is 7.09. The molecule has 2 N–H and O–H groups in total. The molecule has 1 aromatic rings. The second-order valence-corrected chi connectivity index (χ2v) is 5.03. The molecule has 1 aliphatic rings. The highest BCUT2D eigenvalue weighted by atomic mass is 15.1. The van der Waals surface area contributed by atoms with Gasteiger partial charge in [-0.3, -0.25) is 0 Å². The Balaban J connectivity index is 2.09. The van der Waals surface area contributed by atoms with Gasteiger partial charge < -0.3 is 15.5 Å². The number of nitrogens with zero attached hydrogens (tertiary/aromatic N) is 1. The maximum Gasteiger partial charge on any atom is 0.0409 e. The summed E-state index contributed by atoms with van der Waals surface area (Å²) in [4.78, 5) is 2.18. The molecule has 0 aliphatic carbocycles. The molecule has 1 fully saturated rings. The van der Waals surface area contributed by atoms with E-state index in [0.717, 1.165) is 13.1 Å². The maximum atomic E-state index is 3.70. The Morgan fingerprint density at radius 3 is 2.76 bits per heavy atom. The lowest BCUT2D eigenvalue weighted by molar-refractivity contribution is 0.478. The van der Waals surface area contributed by atoms with Crippen molar-refractivity contribution in [3.63, 3.8) is 0 Å². The number of anilines is 1. The lowest BCUT2D eigenvalue weighted by atomic mass is 10.0.